The van der Waals surface area contributed by atoms with Crippen LogP contribution in [0, 0.1) is 0 Å². The highest BCUT2D eigenvalue weighted by atomic mass is 19.4. The second-order valence-corrected chi connectivity index (χ2v) is 6.45. The Labute approximate surface area is 138 Å². The maximum Gasteiger partial charge on any atom is 0.417 e. The van der Waals surface area contributed by atoms with Gasteiger partial charge in [0.1, 0.15) is 5.60 Å². The summed E-state index contributed by atoms with van der Waals surface area (Å²) in [6.45, 7) is 5.72. The lowest BCUT2D eigenvalue weighted by atomic mass is 10.0. The molecule has 0 N–H and O–H groups in total. The fourth-order valence-corrected chi connectivity index (χ4v) is 2.13. The van der Waals surface area contributed by atoms with Crippen LogP contribution in [0.15, 0.2) is 17.8 Å². The fourth-order valence-electron chi connectivity index (χ4n) is 2.13. The van der Waals surface area contributed by atoms with Gasteiger partial charge in [-0.15, -0.1) is 0 Å². The van der Waals surface area contributed by atoms with Crippen molar-refractivity contribution in [2.45, 2.75) is 32.5 Å². The minimum absolute atomic E-state index is 0.0536. The molecule has 0 atom stereocenters. The summed E-state index contributed by atoms with van der Waals surface area (Å²) < 4.78 is 49.3. The molecule has 0 bridgehead atoms. The van der Waals surface area contributed by atoms with Gasteiger partial charge in [-0.1, -0.05) is 6.08 Å². The average molecular weight is 344 g/mol. The van der Waals surface area contributed by atoms with Gasteiger partial charge >= 0.3 is 12.3 Å². The Morgan fingerprint density at radius 2 is 1.92 bits per heavy atom. The van der Waals surface area contributed by atoms with Gasteiger partial charge in [-0.3, -0.25) is 0 Å². The second-order valence-electron chi connectivity index (χ2n) is 6.45. The first kappa shape index (κ1) is 18.1. The Hall–Kier alpha value is -2.25. The standard InChI is InChI=1S/C16H19F3N2O3/c1-15(2,3)24-14(22)21-8-10(9-21)5-11-7-20-13(23-4)6-12(11)16(17,18)19/h5-7H,8-9H2,1-4H3. The van der Waals surface area contributed by atoms with E-state index in [9.17, 15) is 18.0 Å². The number of pyridine rings is 1. The zero-order valence-corrected chi connectivity index (χ0v) is 13.9. The van der Waals surface area contributed by atoms with Gasteiger partial charge in [-0.05, 0) is 26.3 Å². The summed E-state index contributed by atoms with van der Waals surface area (Å²) in [7, 11) is 1.26. The largest absolute Gasteiger partial charge is 0.481 e. The highest BCUT2D eigenvalue weighted by molar-refractivity contribution is 5.72. The van der Waals surface area contributed by atoms with Gasteiger partial charge in [0, 0.05) is 30.9 Å². The molecule has 0 spiro atoms. The maximum atomic E-state index is 13.1. The summed E-state index contributed by atoms with van der Waals surface area (Å²) in [4.78, 5) is 17.0. The molecule has 1 saturated heterocycles. The zero-order chi connectivity index (χ0) is 18.1. The number of carbonyl (C=O) groups is 1. The minimum atomic E-state index is -4.52. The van der Waals surface area contributed by atoms with Gasteiger partial charge in [0.25, 0.3) is 0 Å². The monoisotopic (exact) mass is 344 g/mol. The van der Waals surface area contributed by atoms with Crippen molar-refractivity contribution in [3.05, 3.63) is 29.0 Å². The summed E-state index contributed by atoms with van der Waals surface area (Å²) in [6, 6.07) is 0.858. The van der Waals surface area contributed by atoms with Crippen molar-refractivity contribution in [2.24, 2.45) is 0 Å². The molecule has 0 aromatic carbocycles. The van der Waals surface area contributed by atoms with Crippen LogP contribution in [0.5, 0.6) is 5.88 Å². The van der Waals surface area contributed by atoms with Gasteiger partial charge < -0.3 is 14.4 Å². The van der Waals surface area contributed by atoms with Gasteiger partial charge in [0.2, 0.25) is 5.88 Å². The van der Waals surface area contributed by atoms with Crippen LogP contribution in [0.2, 0.25) is 0 Å². The number of likely N-dealkylation sites (tertiary alicyclic amines) is 1. The summed E-state index contributed by atoms with van der Waals surface area (Å²) in [6.07, 6.45) is -2.48. The molecule has 1 aliphatic heterocycles. The van der Waals surface area contributed by atoms with Crippen LogP contribution >= 0.6 is 0 Å². The number of alkyl halides is 3. The normalized spacial score (nSPS) is 15.0. The van der Waals surface area contributed by atoms with Crippen LogP contribution < -0.4 is 4.74 Å². The van der Waals surface area contributed by atoms with Gasteiger partial charge in [-0.25, -0.2) is 9.78 Å². The van der Waals surface area contributed by atoms with Crippen molar-refractivity contribution in [1.29, 1.82) is 0 Å². The topological polar surface area (TPSA) is 51.7 Å². The van der Waals surface area contributed by atoms with E-state index < -0.39 is 23.4 Å². The summed E-state index contributed by atoms with van der Waals surface area (Å²) in [5, 5.41) is 0. The van der Waals surface area contributed by atoms with Crippen molar-refractivity contribution in [3.8, 4) is 5.88 Å². The van der Waals surface area contributed by atoms with Gasteiger partial charge in [0.05, 0.1) is 12.7 Å². The molecular formula is C16H19F3N2O3. The molecule has 132 valence electrons. The van der Waals surface area contributed by atoms with Crippen LogP contribution in [0.1, 0.15) is 31.9 Å². The Morgan fingerprint density at radius 1 is 1.29 bits per heavy atom. The van der Waals surface area contributed by atoms with Crippen LogP contribution in [-0.4, -0.2) is 41.8 Å². The third-order valence-corrected chi connectivity index (χ3v) is 3.22. The fraction of sp³-hybridized carbons (Fsp3) is 0.500. The van der Waals surface area contributed by atoms with Crippen LogP contribution in [-0.2, 0) is 10.9 Å². The molecule has 2 rings (SSSR count). The second kappa shape index (κ2) is 6.33. The molecule has 0 saturated carbocycles. The van der Waals surface area contributed by atoms with E-state index in [0.29, 0.717) is 5.57 Å². The number of methoxy groups -OCH3 is 1. The van der Waals surface area contributed by atoms with E-state index in [1.54, 1.807) is 20.8 Å². The van der Waals surface area contributed by atoms with E-state index in [4.69, 9.17) is 9.47 Å². The van der Waals surface area contributed by atoms with Crippen molar-refractivity contribution >= 4 is 12.2 Å². The first-order valence-corrected chi connectivity index (χ1v) is 7.28. The molecule has 5 nitrogen and oxygen atoms in total. The Bertz CT molecular complexity index is 656. The molecule has 1 aliphatic rings. The van der Waals surface area contributed by atoms with Crippen molar-refractivity contribution in [3.63, 3.8) is 0 Å². The molecule has 0 aliphatic carbocycles. The lowest BCUT2D eigenvalue weighted by Crippen LogP contribution is -2.46. The van der Waals surface area contributed by atoms with Crippen LogP contribution in [0.3, 0.4) is 0 Å². The molecule has 1 aromatic rings. The van der Waals surface area contributed by atoms with E-state index >= 15 is 0 Å². The summed E-state index contributed by atoms with van der Waals surface area (Å²) in [5.41, 5.74) is -0.794. The van der Waals surface area contributed by atoms with Crippen molar-refractivity contribution in [1.82, 2.24) is 9.88 Å². The number of carbonyl (C=O) groups excluding carboxylic acids is 1. The molecule has 2 heterocycles. The summed E-state index contributed by atoms with van der Waals surface area (Å²) >= 11 is 0. The number of aromatic nitrogens is 1. The van der Waals surface area contributed by atoms with Crippen LogP contribution in [0.25, 0.3) is 6.08 Å². The lowest BCUT2D eigenvalue weighted by Gasteiger charge is -2.35. The van der Waals surface area contributed by atoms with Crippen LogP contribution in [0.4, 0.5) is 18.0 Å². The highest BCUT2D eigenvalue weighted by Crippen LogP contribution is 2.35. The maximum absolute atomic E-state index is 13.1. The third-order valence-electron chi connectivity index (χ3n) is 3.22. The van der Waals surface area contributed by atoms with E-state index in [1.165, 1.54) is 18.1 Å². The quantitative estimate of drug-likeness (QED) is 0.820. The SMILES string of the molecule is COc1cc(C(F)(F)F)c(C=C2CN(C(=O)OC(C)(C)C)C2)cn1. The number of nitrogens with zero attached hydrogens (tertiary/aromatic N) is 2. The number of halogens is 3. The average Bonchev–Trinajstić information content (AvgIpc) is 2.39. The third kappa shape index (κ3) is 4.39. The first-order valence-electron chi connectivity index (χ1n) is 7.28. The minimum Gasteiger partial charge on any atom is -0.481 e. The Kier molecular flexibility index (Phi) is 4.77. The molecule has 8 heteroatoms. The molecule has 0 unspecified atom stereocenters. The predicted molar refractivity (Wildman–Crippen MR) is 81.6 cm³/mol. The van der Waals surface area contributed by atoms with Crippen molar-refractivity contribution < 1.29 is 27.4 Å². The molecule has 1 fully saturated rings. The smallest absolute Gasteiger partial charge is 0.417 e. The number of rotatable bonds is 2. The molecule has 1 aromatic heterocycles. The first-order chi connectivity index (χ1) is 11.0. The molecule has 0 radical (unpaired) electrons. The van der Waals surface area contributed by atoms with Gasteiger partial charge in [-0.2, -0.15) is 13.2 Å². The lowest BCUT2D eigenvalue weighted by molar-refractivity contribution is -0.137. The van der Waals surface area contributed by atoms with Crippen molar-refractivity contribution in [2.75, 3.05) is 20.2 Å². The Balaban J connectivity index is 2.13. The van der Waals surface area contributed by atoms with E-state index in [-0.39, 0.29) is 24.5 Å². The predicted octanol–water partition coefficient (Wildman–Crippen LogP) is 3.74. The zero-order valence-electron chi connectivity index (χ0n) is 13.9. The van der Waals surface area contributed by atoms with E-state index in [1.807, 2.05) is 0 Å². The number of hydrogen-bond acceptors (Lipinski definition) is 4. The number of ether oxygens (including phenoxy) is 2. The molecular weight excluding hydrogens is 325 g/mol. The molecule has 1 amide bonds. The highest BCUT2D eigenvalue weighted by Gasteiger charge is 2.35. The number of amides is 1. The van der Waals surface area contributed by atoms with E-state index in [2.05, 4.69) is 4.98 Å². The van der Waals surface area contributed by atoms with E-state index in [0.717, 1.165) is 12.3 Å². The Morgan fingerprint density at radius 3 is 2.42 bits per heavy atom. The van der Waals surface area contributed by atoms with Gasteiger partial charge in [0.15, 0.2) is 0 Å². The summed E-state index contributed by atoms with van der Waals surface area (Å²) in [5.74, 6) is -0.103. The number of hydrogen-bond donors (Lipinski definition) is 0. The molecule has 24 heavy (non-hydrogen) atoms.